The Bertz CT molecular complexity index is 643. The van der Waals surface area contributed by atoms with Crippen molar-refractivity contribution >= 4 is 11.6 Å². The molecule has 21 heavy (non-hydrogen) atoms. The monoisotopic (exact) mass is 296 g/mol. The van der Waals surface area contributed by atoms with Crippen LogP contribution in [-0.4, -0.2) is 22.7 Å². The number of benzene rings is 1. The second-order valence-corrected chi connectivity index (χ2v) is 4.28. The number of rotatable bonds is 5. The number of H-pyrrole nitrogens is 1. The molecule has 0 atom stereocenters. The van der Waals surface area contributed by atoms with E-state index in [1.165, 1.54) is 6.07 Å². The number of carbonyl (C=O) groups excluding carboxylic acids is 1. The maximum atomic E-state index is 12.3. The number of anilines is 1. The Kier molecular flexibility index (Phi) is 4.36. The van der Waals surface area contributed by atoms with Crippen LogP contribution in [0.3, 0.4) is 0 Å². The number of nitrogens with zero attached hydrogens (tertiary/aromatic N) is 1. The van der Waals surface area contributed by atoms with Crippen LogP contribution in [0.1, 0.15) is 21.7 Å². The van der Waals surface area contributed by atoms with E-state index in [1.807, 2.05) is 0 Å². The number of halogens is 2. The lowest BCUT2D eigenvalue weighted by molar-refractivity contribution is -0.0504. The van der Waals surface area contributed by atoms with Crippen LogP contribution in [0.2, 0.25) is 0 Å². The number of ether oxygens (including phenoxy) is 1. The van der Waals surface area contributed by atoms with E-state index in [1.54, 1.807) is 25.1 Å². The van der Waals surface area contributed by atoms with Crippen molar-refractivity contribution in [1.82, 2.24) is 15.5 Å². The molecular formula is C13H14F2N4O2. The first-order chi connectivity index (χ1) is 9.99. The minimum absolute atomic E-state index is 0.0129. The van der Waals surface area contributed by atoms with Gasteiger partial charge in [0, 0.05) is 12.1 Å². The lowest BCUT2D eigenvalue weighted by Crippen LogP contribution is -2.24. The second kappa shape index (κ2) is 6.21. The van der Waals surface area contributed by atoms with E-state index in [-0.39, 0.29) is 23.7 Å². The summed E-state index contributed by atoms with van der Waals surface area (Å²) in [5.74, 6) is -0.484. The van der Waals surface area contributed by atoms with Gasteiger partial charge in [0.25, 0.3) is 5.91 Å². The lowest BCUT2D eigenvalue weighted by Gasteiger charge is -2.11. The van der Waals surface area contributed by atoms with Crippen molar-refractivity contribution < 1.29 is 18.3 Å². The molecule has 1 aromatic heterocycles. The number of nitrogens with one attached hydrogen (secondary N) is 2. The molecule has 0 aliphatic carbocycles. The molecule has 0 bridgehead atoms. The van der Waals surface area contributed by atoms with Crippen molar-refractivity contribution in [3.05, 3.63) is 41.2 Å². The SMILES string of the molecule is Cc1[nH]nc(C(=O)NCc2ccccc2OC(F)F)c1N. The van der Waals surface area contributed by atoms with E-state index in [0.29, 0.717) is 11.3 Å². The maximum absolute atomic E-state index is 12.3. The molecule has 112 valence electrons. The number of hydrogen-bond donors (Lipinski definition) is 3. The van der Waals surface area contributed by atoms with Crippen molar-refractivity contribution in [3.8, 4) is 5.75 Å². The molecule has 2 aromatic rings. The third kappa shape index (κ3) is 3.47. The molecule has 0 radical (unpaired) electrons. The molecule has 1 heterocycles. The fraction of sp³-hybridized carbons (Fsp3) is 0.231. The fourth-order valence-corrected chi connectivity index (χ4v) is 1.73. The summed E-state index contributed by atoms with van der Waals surface area (Å²) in [6.45, 7) is -1.22. The first kappa shape index (κ1) is 14.8. The topological polar surface area (TPSA) is 93.0 Å². The van der Waals surface area contributed by atoms with Crippen molar-refractivity contribution in [1.29, 1.82) is 0 Å². The average Bonchev–Trinajstić information content (AvgIpc) is 2.77. The first-order valence-corrected chi connectivity index (χ1v) is 6.10. The molecule has 0 saturated carbocycles. The van der Waals surface area contributed by atoms with Crippen LogP contribution >= 0.6 is 0 Å². The molecule has 8 heteroatoms. The average molecular weight is 296 g/mol. The largest absolute Gasteiger partial charge is 0.434 e. The van der Waals surface area contributed by atoms with Gasteiger partial charge in [0.2, 0.25) is 0 Å². The predicted molar refractivity (Wildman–Crippen MR) is 72.0 cm³/mol. The Labute approximate surface area is 119 Å². The number of aromatic nitrogens is 2. The van der Waals surface area contributed by atoms with Crippen LogP contribution < -0.4 is 15.8 Å². The van der Waals surface area contributed by atoms with Crippen LogP contribution in [0.5, 0.6) is 5.75 Å². The van der Waals surface area contributed by atoms with Gasteiger partial charge < -0.3 is 15.8 Å². The second-order valence-electron chi connectivity index (χ2n) is 4.28. The van der Waals surface area contributed by atoms with E-state index in [2.05, 4.69) is 20.3 Å². The van der Waals surface area contributed by atoms with Gasteiger partial charge >= 0.3 is 6.61 Å². The number of hydrogen-bond acceptors (Lipinski definition) is 4. The van der Waals surface area contributed by atoms with E-state index >= 15 is 0 Å². The van der Waals surface area contributed by atoms with E-state index < -0.39 is 12.5 Å². The summed E-state index contributed by atoms with van der Waals surface area (Å²) in [4.78, 5) is 11.9. The van der Waals surface area contributed by atoms with Gasteiger partial charge in [-0.3, -0.25) is 9.89 Å². The van der Waals surface area contributed by atoms with E-state index in [4.69, 9.17) is 5.73 Å². The van der Waals surface area contributed by atoms with Gasteiger partial charge in [0.1, 0.15) is 5.75 Å². The molecule has 0 aliphatic heterocycles. The minimum Gasteiger partial charge on any atom is -0.434 e. The Morgan fingerprint density at radius 1 is 1.48 bits per heavy atom. The minimum atomic E-state index is -2.92. The Balaban J connectivity index is 2.06. The summed E-state index contributed by atoms with van der Waals surface area (Å²) in [6.07, 6.45) is 0. The molecule has 1 amide bonds. The third-order valence-corrected chi connectivity index (χ3v) is 2.84. The number of alkyl halides is 2. The van der Waals surface area contributed by atoms with Crippen LogP contribution in [0.4, 0.5) is 14.5 Å². The number of carbonyl (C=O) groups is 1. The smallest absolute Gasteiger partial charge is 0.387 e. The lowest BCUT2D eigenvalue weighted by atomic mass is 10.2. The van der Waals surface area contributed by atoms with Crippen molar-refractivity contribution in [2.75, 3.05) is 5.73 Å². The molecule has 0 saturated heterocycles. The summed E-state index contributed by atoms with van der Waals surface area (Å²) in [7, 11) is 0. The van der Waals surface area contributed by atoms with E-state index in [0.717, 1.165) is 0 Å². The number of para-hydroxylation sites is 1. The van der Waals surface area contributed by atoms with Gasteiger partial charge in [-0.1, -0.05) is 18.2 Å². The van der Waals surface area contributed by atoms with Crippen molar-refractivity contribution in [3.63, 3.8) is 0 Å². The highest BCUT2D eigenvalue weighted by atomic mass is 19.3. The Hall–Kier alpha value is -2.64. The van der Waals surface area contributed by atoms with Gasteiger partial charge in [-0.15, -0.1) is 0 Å². The number of nitrogen functional groups attached to an aromatic ring is 1. The van der Waals surface area contributed by atoms with Gasteiger partial charge in [-0.05, 0) is 13.0 Å². The fourth-order valence-electron chi connectivity index (χ4n) is 1.73. The molecule has 0 spiro atoms. The van der Waals surface area contributed by atoms with Crippen LogP contribution in [-0.2, 0) is 6.54 Å². The van der Waals surface area contributed by atoms with Gasteiger partial charge in [-0.2, -0.15) is 13.9 Å². The number of amides is 1. The molecule has 0 aliphatic rings. The molecule has 2 rings (SSSR count). The van der Waals surface area contributed by atoms with Crippen LogP contribution in [0, 0.1) is 6.92 Å². The highest BCUT2D eigenvalue weighted by Gasteiger charge is 2.16. The summed E-state index contributed by atoms with van der Waals surface area (Å²) >= 11 is 0. The van der Waals surface area contributed by atoms with Crippen LogP contribution in [0.25, 0.3) is 0 Å². The summed E-state index contributed by atoms with van der Waals surface area (Å²) in [5, 5.41) is 8.94. The molecule has 1 aromatic carbocycles. The third-order valence-electron chi connectivity index (χ3n) is 2.84. The normalized spacial score (nSPS) is 10.7. The number of aromatic amines is 1. The zero-order chi connectivity index (χ0) is 15.4. The van der Waals surface area contributed by atoms with Crippen LogP contribution in [0.15, 0.2) is 24.3 Å². The molecule has 0 unspecified atom stereocenters. The predicted octanol–water partition coefficient (Wildman–Crippen LogP) is 1.83. The number of nitrogens with two attached hydrogens (primary N) is 1. The van der Waals surface area contributed by atoms with Crippen molar-refractivity contribution in [2.24, 2.45) is 0 Å². The Morgan fingerprint density at radius 3 is 2.81 bits per heavy atom. The van der Waals surface area contributed by atoms with E-state index in [9.17, 15) is 13.6 Å². The van der Waals surface area contributed by atoms with Gasteiger partial charge in [-0.25, -0.2) is 0 Å². The summed E-state index contributed by atoms with van der Waals surface area (Å²) in [5.41, 5.74) is 7.03. The number of aryl methyl sites for hydroxylation is 1. The van der Waals surface area contributed by atoms with Gasteiger partial charge in [0.15, 0.2) is 5.69 Å². The quantitative estimate of drug-likeness (QED) is 0.784. The Morgan fingerprint density at radius 2 is 2.19 bits per heavy atom. The highest BCUT2D eigenvalue weighted by molar-refractivity contribution is 5.97. The molecule has 6 nitrogen and oxygen atoms in total. The summed E-state index contributed by atoms with van der Waals surface area (Å²) < 4.78 is 28.9. The highest BCUT2D eigenvalue weighted by Crippen LogP contribution is 2.20. The maximum Gasteiger partial charge on any atom is 0.387 e. The van der Waals surface area contributed by atoms with Crippen molar-refractivity contribution in [2.45, 2.75) is 20.1 Å². The first-order valence-electron chi connectivity index (χ1n) is 6.10. The zero-order valence-electron chi connectivity index (χ0n) is 11.2. The molecule has 0 fully saturated rings. The standard InChI is InChI=1S/C13H14F2N4O2/c1-7-10(16)11(19-18-7)12(20)17-6-8-4-2-3-5-9(8)21-13(14)15/h2-5,13H,6,16H2,1H3,(H,17,20)(H,18,19). The molecule has 4 N–H and O–H groups in total. The molecular weight excluding hydrogens is 282 g/mol. The summed E-state index contributed by atoms with van der Waals surface area (Å²) in [6, 6.07) is 6.21. The van der Waals surface area contributed by atoms with Gasteiger partial charge in [0.05, 0.1) is 11.4 Å². The zero-order valence-corrected chi connectivity index (χ0v) is 11.2.